The number of fused-ring (bicyclic) bond motifs is 3. The molecule has 0 saturated carbocycles. The lowest BCUT2D eigenvalue weighted by molar-refractivity contribution is -0.136. The molecule has 34 heavy (non-hydrogen) atoms. The molecule has 0 bridgehead atoms. The van der Waals surface area contributed by atoms with E-state index in [0.717, 1.165) is 28.8 Å². The smallest absolute Gasteiger partial charge is 0.307 e. The minimum absolute atomic E-state index is 0.0296. The lowest BCUT2D eigenvalue weighted by Crippen LogP contribution is -2.21. The van der Waals surface area contributed by atoms with Gasteiger partial charge >= 0.3 is 5.97 Å². The molecule has 1 N–H and O–H groups in total. The van der Waals surface area contributed by atoms with Gasteiger partial charge in [-0.1, -0.05) is 41.8 Å². The van der Waals surface area contributed by atoms with E-state index in [9.17, 15) is 9.90 Å². The summed E-state index contributed by atoms with van der Waals surface area (Å²) in [6.07, 6.45) is 2.11. The number of carboxylic acids is 1. The summed E-state index contributed by atoms with van der Waals surface area (Å²) in [6, 6.07) is 10.6. The summed E-state index contributed by atoms with van der Waals surface area (Å²) >= 11 is 3.49. The first-order valence-corrected chi connectivity index (χ1v) is 13.4. The quantitative estimate of drug-likeness (QED) is 0.375. The SMILES string of the molecule is COC(C)(C)C.CSN1Cc2sccc2-c2c(C)c(-c3ccc(C)cc3)c(CC(=O)O)c(C)c21. The summed E-state index contributed by atoms with van der Waals surface area (Å²) in [4.78, 5) is 13.1. The number of ether oxygens (including phenoxy) is 1. The number of benzene rings is 2. The molecular formula is C28H35NO3S2. The first-order chi connectivity index (χ1) is 16.0. The van der Waals surface area contributed by atoms with Gasteiger partial charge in [0.15, 0.2) is 0 Å². The molecule has 3 aromatic rings. The van der Waals surface area contributed by atoms with Crippen LogP contribution in [0.5, 0.6) is 0 Å². The third-order valence-corrected chi connectivity index (χ3v) is 7.81. The van der Waals surface area contributed by atoms with Gasteiger partial charge in [-0.3, -0.25) is 4.79 Å². The van der Waals surface area contributed by atoms with Crippen LogP contribution in [0.3, 0.4) is 0 Å². The Balaban J connectivity index is 0.000000481. The van der Waals surface area contributed by atoms with Crippen molar-refractivity contribution in [3.8, 4) is 22.3 Å². The highest BCUT2D eigenvalue weighted by atomic mass is 32.2. The molecule has 0 spiro atoms. The summed E-state index contributed by atoms with van der Waals surface area (Å²) in [7, 11) is 1.71. The Bertz CT molecular complexity index is 1170. The molecule has 0 atom stereocenters. The average Bonchev–Trinajstić information content (AvgIpc) is 3.25. The van der Waals surface area contributed by atoms with Gasteiger partial charge in [0, 0.05) is 23.8 Å². The molecule has 0 radical (unpaired) electrons. The zero-order valence-corrected chi connectivity index (χ0v) is 23.0. The number of thiophene rings is 1. The predicted octanol–water partition coefficient (Wildman–Crippen LogP) is 7.66. The van der Waals surface area contributed by atoms with Crippen LogP contribution >= 0.6 is 23.3 Å². The van der Waals surface area contributed by atoms with Crippen molar-refractivity contribution in [3.63, 3.8) is 0 Å². The summed E-state index contributed by atoms with van der Waals surface area (Å²) in [5.41, 5.74) is 10.3. The second-order valence-corrected chi connectivity index (χ2v) is 11.4. The van der Waals surface area contributed by atoms with Crippen molar-refractivity contribution < 1.29 is 14.6 Å². The van der Waals surface area contributed by atoms with Crippen LogP contribution in [0.2, 0.25) is 0 Å². The van der Waals surface area contributed by atoms with E-state index in [1.54, 1.807) is 30.4 Å². The van der Waals surface area contributed by atoms with Crippen molar-refractivity contribution in [2.45, 2.75) is 60.1 Å². The molecule has 1 aliphatic rings. The summed E-state index contributed by atoms with van der Waals surface area (Å²) in [6.45, 7) is 13.2. The Hall–Kier alpha value is -2.28. The van der Waals surface area contributed by atoms with Gasteiger partial charge < -0.3 is 14.1 Å². The van der Waals surface area contributed by atoms with Crippen molar-refractivity contribution in [1.82, 2.24) is 0 Å². The van der Waals surface area contributed by atoms with Gasteiger partial charge in [0.1, 0.15) is 0 Å². The first-order valence-electron chi connectivity index (χ1n) is 11.4. The average molecular weight is 498 g/mol. The van der Waals surface area contributed by atoms with Crippen LogP contribution in [0.15, 0.2) is 35.7 Å². The number of carbonyl (C=O) groups is 1. The lowest BCUT2D eigenvalue weighted by Gasteiger charge is -2.34. The summed E-state index contributed by atoms with van der Waals surface area (Å²) in [5.74, 6) is -0.793. The van der Waals surface area contributed by atoms with Gasteiger partial charge in [-0.15, -0.1) is 11.3 Å². The molecule has 1 aromatic heterocycles. The highest BCUT2D eigenvalue weighted by Crippen LogP contribution is 2.51. The highest BCUT2D eigenvalue weighted by molar-refractivity contribution is 7.99. The fourth-order valence-corrected chi connectivity index (χ4v) is 5.84. The molecule has 182 valence electrons. The highest BCUT2D eigenvalue weighted by Gasteiger charge is 2.30. The van der Waals surface area contributed by atoms with E-state index in [1.807, 2.05) is 20.8 Å². The van der Waals surface area contributed by atoms with Crippen LogP contribution in [0.25, 0.3) is 22.3 Å². The Morgan fingerprint density at radius 2 is 1.71 bits per heavy atom. The molecular weight excluding hydrogens is 462 g/mol. The molecule has 0 unspecified atom stereocenters. The number of aryl methyl sites for hydroxylation is 1. The summed E-state index contributed by atoms with van der Waals surface area (Å²) < 4.78 is 7.24. The second-order valence-electron chi connectivity index (χ2n) is 9.56. The van der Waals surface area contributed by atoms with E-state index < -0.39 is 5.97 Å². The molecule has 2 heterocycles. The van der Waals surface area contributed by atoms with Crippen molar-refractivity contribution in [2.75, 3.05) is 17.7 Å². The van der Waals surface area contributed by atoms with E-state index in [-0.39, 0.29) is 12.0 Å². The number of anilines is 1. The molecule has 1 aliphatic heterocycles. The number of aliphatic carboxylic acids is 1. The Labute approximate surface area is 212 Å². The Kier molecular flexibility index (Phi) is 8.17. The van der Waals surface area contributed by atoms with Crippen molar-refractivity contribution in [3.05, 3.63) is 62.8 Å². The number of hydrogen-bond acceptors (Lipinski definition) is 5. The minimum Gasteiger partial charge on any atom is -0.481 e. The van der Waals surface area contributed by atoms with Crippen LogP contribution in [0.1, 0.15) is 47.9 Å². The van der Waals surface area contributed by atoms with E-state index in [2.05, 4.69) is 67.0 Å². The lowest BCUT2D eigenvalue weighted by atomic mass is 9.82. The maximum atomic E-state index is 11.7. The molecule has 0 amide bonds. The monoisotopic (exact) mass is 497 g/mol. The van der Waals surface area contributed by atoms with E-state index in [4.69, 9.17) is 4.74 Å². The maximum absolute atomic E-state index is 11.7. The van der Waals surface area contributed by atoms with Crippen LogP contribution in [-0.2, 0) is 22.5 Å². The molecule has 0 aliphatic carbocycles. The zero-order chi connectivity index (χ0) is 25.2. The van der Waals surface area contributed by atoms with Gasteiger partial charge in [0.25, 0.3) is 0 Å². The van der Waals surface area contributed by atoms with E-state index >= 15 is 0 Å². The fraction of sp³-hybridized carbons (Fsp3) is 0.393. The molecule has 4 nitrogen and oxygen atoms in total. The van der Waals surface area contributed by atoms with Crippen LogP contribution in [0.4, 0.5) is 5.69 Å². The summed E-state index contributed by atoms with van der Waals surface area (Å²) in [5, 5.41) is 11.8. The van der Waals surface area contributed by atoms with E-state index in [0.29, 0.717) is 0 Å². The van der Waals surface area contributed by atoms with Crippen LogP contribution < -0.4 is 4.31 Å². The fourth-order valence-electron chi connectivity index (χ4n) is 4.22. The first kappa shape index (κ1) is 26.3. The van der Waals surface area contributed by atoms with Crippen LogP contribution in [-0.4, -0.2) is 30.0 Å². The standard InChI is InChI=1S/C23H23NO2S2.C5H12O/c1-13-5-7-16(8-6-13)21-15(3)22-17-9-10-28-19(17)12-24(27-4)23(22)14(2)18(21)11-20(25)26;1-5(2,3)6-4/h5-10H,11-12H2,1-4H3,(H,25,26);1-4H3. The predicted molar refractivity (Wildman–Crippen MR) is 147 cm³/mol. The van der Waals surface area contributed by atoms with Gasteiger partial charge in [-0.05, 0) is 86.4 Å². The van der Waals surface area contributed by atoms with Crippen molar-refractivity contribution in [2.24, 2.45) is 0 Å². The Morgan fingerprint density at radius 3 is 2.24 bits per heavy atom. The molecule has 2 aromatic carbocycles. The third-order valence-electron chi connectivity index (χ3n) is 6.15. The number of carboxylic acid groups (broad SMARTS) is 1. The van der Waals surface area contributed by atoms with Gasteiger partial charge in [-0.25, -0.2) is 0 Å². The maximum Gasteiger partial charge on any atom is 0.307 e. The number of nitrogens with zero attached hydrogens (tertiary/aromatic N) is 1. The second kappa shape index (κ2) is 10.5. The number of hydrogen-bond donors (Lipinski definition) is 1. The molecule has 6 heteroatoms. The topological polar surface area (TPSA) is 49.8 Å². The third kappa shape index (κ3) is 5.51. The van der Waals surface area contributed by atoms with E-state index in [1.165, 1.54) is 32.8 Å². The zero-order valence-electron chi connectivity index (χ0n) is 21.4. The molecule has 0 fully saturated rings. The molecule has 0 saturated heterocycles. The Morgan fingerprint density at radius 1 is 1.09 bits per heavy atom. The van der Waals surface area contributed by atoms with Gasteiger partial charge in [0.05, 0.1) is 24.3 Å². The number of rotatable bonds is 4. The van der Waals surface area contributed by atoms with Crippen molar-refractivity contribution >= 4 is 34.9 Å². The largest absolute Gasteiger partial charge is 0.481 e. The van der Waals surface area contributed by atoms with Crippen LogP contribution in [0, 0.1) is 20.8 Å². The normalized spacial score (nSPS) is 12.5. The number of methoxy groups -OCH3 is 1. The molecule has 4 rings (SSSR count). The van der Waals surface area contributed by atoms with Gasteiger partial charge in [0.2, 0.25) is 0 Å². The van der Waals surface area contributed by atoms with Gasteiger partial charge in [-0.2, -0.15) is 0 Å². The minimum atomic E-state index is -0.793. The van der Waals surface area contributed by atoms with Crippen molar-refractivity contribution in [1.29, 1.82) is 0 Å².